The van der Waals surface area contributed by atoms with Crippen LogP contribution in [0.4, 0.5) is 5.95 Å². The van der Waals surface area contributed by atoms with Gasteiger partial charge in [-0.15, -0.1) is 0 Å². The minimum atomic E-state index is 0.121. The number of rotatable bonds is 3. The lowest BCUT2D eigenvalue weighted by Crippen LogP contribution is -2.41. The van der Waals surface area contributed by atoms with E-state index in [1.54, 1.807) is 6.20 Å². The largest absolute Gasteiger partial charge is 0.314 e. The Morgan fingerprint density at radius 2 is 2.21 bits per heavy atom. The molecule has 2 heterocycles. The van der Waals surface area contributed by atoms with E-state index in [0.717, 1.165) is 25.3 Å². The highest BCUT2D eigenvalue weighted by molar-refractivity contribution is 5.91. The van der Waals surface area contributed by atoms with E-state index in [1.165, 1.54) is 12.8 Å². The van der Waals surface area contributed by atoms with Gasteiger partial charge in [0.2, 0.25) is 11.9 Å². The molecule has 0 radical (unpaired) electrons. The van der Waals surface area contributed by atoms with Gasteiger partial charge in [0.1, 0.15) is 0 Å². The molecular weight excluding hydrogens is 240 g/mol. The van der Waals surface area contributed by atoms with E-state index in [0.29, 0.717) is 12.1 Å². The first-order valence-electron chi connectivity index (χ1n) is 7.19. The zero-order chi connectivity index (χ0) is 13.4. The normalized spacial score (nSPS) is 28.3. The van der Waals surface area contributed by atoms with Crippen LogP contribution >= 0.6 is 0 Å². The van der Waals surface area contributed by atoms with E-state index in [9.17, 15) is 4.79 Å². The maximum Gasteiger partial charge on any atom is 0.229 e. The fourth-order valence-corrected chi connectivity index (χ4v) is 2.80. The van der Waals surface area contributed by atoms with Gasteiger partial charge in [0.05, 0.1) is 0 Å². The number of amides is 1. The predicted octanol–water partition coefficient (Wildman–Crippen LogP) is 1.89. The third-order valence-electron chi connectivity index (χ3n) is 4.42. The maximum atomic E-state index is 12.3. The van der Waals surface area contributed by atoms with Gasteiger partial charge >= 0.3 is 0 Å². The molecule has 1 saturated carbocycles. The van der Waals surface area contributed by atoms with Crippen molar-refractivity contribution in [1.82, 2.24) is 14.5 Å². The van der Waals surface area contributed by atoms with Gasteiger partial charge in [-0.05, 0) is 46.2 Å². The van der Waals surface area contributed by atoms with Crippen molar-refractivity contribution in [2.24, 2.45) is 5.92 Å². The van der Waals surface area contributed by atoms with Crippen molar-refractivity contribution >= 4 is 11.9 Å². The Balaban J connectivity index is 1.63. The van der Waals surface area contributed by atoms with Crippen LogP contribution in [-0.2, 0) is 4.79 Å². The minimum Gasteiger partial charge on any atom is -0.314 e. The summed E-state index contributed by atoms with van der Waals surface area (Å²) < 4.78 is 2.09. The molecule has 1 aromatic heterocycles. The number of hydrogen-bond acceptors (Lipinski definition) is 3. The average molecular weight is 262 g/mol. The summed E-state index contributed by atoms with van der Waals surface area (Å²) in [6.07, 6.45) is 8.01. The molecule has 0 bridgehead atoms. The number of hydrogen-bond donors (Lipinski definition) is 1. The number of nitrogens with one attached hydrogen (secondary N) is 1. The van der Waals surface area contributed by atoms with Gasteiger partial charge in [-0.1, -0.05) is 0 Å². The molecule has 0 spiro atoms. The average Bonchev–Trinajstić information content (AvgIpc) is 3.13. The molecular formula is C14H22N4O. The lowest BCUT2D eigenvalue weighted by atomic mass is 9.91. The fourth-order valence-electron chi connectivity index (χ4n) is 2.80. The second kappa shape index (κ2) is 4.96. The molecule has 1 aliphatic carbocycles. The maximum absolute atomic E-state index is 12.3. The Kier molecular flexibility index (Phi) is 3.31. The molecule has 0 aromatic carbocycles. The molecule has 5 heteroatoms. The Bertz CT molecular complexity index is 466. The second-order valence-electron chi connectivity index (χ2n) is 5.93. The Morgan fingerprint density at radius 1 is 1.42 bits per heavy atom. The Labute approximate surface area is 114 Å². The summed E-state index contributed by atoms with van der Waals surface area (Å²) in [6, 6.07) is 1.03. The van der Waals surface area contributed by atoms with Crippen molar-refractivity contribution in [2.75, 3.05) is 18.9 Å². The zero-order valence-electron chi connectivity index (χ0n) is 11.7. The van der Waals surface area contributed by atoms with E-state index in [-0.39, 0.29) is 11.8 Å². The number of likely N-dealkylation sites (tertiary alicyclic amines) is 1. The van der Waals surface area contributed by atoms with Crippen LogP contribution in [0.5, 0.6) is 0 Å². The van der Waals surface area contributed by atoms with Crippen LogP contribution in [-0.4, -0.2) is 40.0 Å². The quantitative estimate of drug-likeness (QED) is 0.905. The third-order valence-corrected chi connectivity index (χ3v) is 4.42. The van der Waals surface area contributed by atoms with Crippen LogP contribution in [0.25, 0.3) is 0 Å². The topological polar surface area (TPSA) is 50.2 Å². The van der Waals surface area contributed by atoms with Gasteiger partial charge in [0, 0.05) is 30.4 Å². The van der Waals surface area contributed by atoms with E-state index in [2.05, 4.69) is 33.7 Å². The van der Waals surface area contributed by atoms with Crippen molar-refractivity contribution < 1.29 is 4.79 Å². The van der Waals surface area contributed by atoms with Gasteiger partial charge in [0.25, 0.3) is 0 Å². The molecule has 19 heavy (non-hydrogen) atoms. The number of piperidine rings is 1. The molecule has 2 fully saturated rings. The highest BCUT2D eigenvalue weighted by atomic mass is 16.2. The van der Waals surface area contributed by atoms with Gasteiger partial charge < -0.3 is 9.47 Å². The van der Waals surface area contributed by atoms with Crippen molar-refractivity contribution in [1.29, 1.82) is 0 Å². The summed E-state index contributed by atoms with van der Waals surface area (Å²) in [5.41, 5.74) is 0. The van der Waals surface area contributed by atoms with E-state index < -0.39 is 0 Å². The number of imidazole rings is 1. The first-order valence-corrected chi connectivity index (χ1v) is 7.19. The second-order valence-corrected chi connectivity index (χ2v) is 5.93. The zero-order valence-corrected chi connectivity index (χ0v) is 11.7. The standard InChI is InChI=1S/C14H22N4O/c1-10-9-11(5-7-17(10)2)13(19)16-14-15-6-8-18(14)12-3-4-12/h6,8,10-12H,3-5,7,9H2,1-2H3,(H,15,16,19)/t10-,11-/m0/s1. The van der Waals surface area contributed by atoms with Gasteiger partial charge in [0.15, 0.2) is 0 Å². The van der Waals surface area contributed by atoms with E-state index >= 15 is 0 Å². The van der Waals surface area contributed by atoms with Crippen LogP contribution in [0.1, 0.15) is 38.6 Å². The van der Waals surface area contributed by atoms with Crippen LogP contribution < -0.4 is 5.32 Å². The van der Waals surface area contributed by atoms with Gasteiger partial charge in [-0.2, -0.15) is 0 Å². The minimum absolute atomic E-state index is 0.121. The summed E-state index contributed by atoms with van der Waals surface area (Å²) >= 11 is 0. The summed E-state index contributed by atoms with van der Waals surface area (Å²) in [7, 11) is 2.12. The molecule has 1 amide bonds. The highest BCUT2D eigenvalue weighted by Gasteiger charge is 2.30. The third kappa shape index (κ3) is 2.66. The summed E-state index contributed by atoms with van der Waals surface area (Å²) in [4.78, 5) is 18.9. The molecule has 0 unspecified atom stereocenters. The smallest absolute Gasteiger partial charge is 0.229 e. The highest BCUT2D eigenvalue weighted by Crippen LogP contribution is 2.37. The summed E-state index contributed by atoms with van der Waals surface area (Å²) in [5, 5.41) is 3.01. The monoisotopic (exact) mass is 262 g/mol. The molecule has 2 aliphatic rings. The molecule has 104 valence electrons. The fraction of sp³-hybridized carbons (Fsp3) is 0.714. The first kappa shape index (κ1) is 12.7. The Morgan fingerprint density at radius 3 is 2.89 bits per heavy atom. The Hall–Kier alpha value is -1.36. The van der Waals surface area contributed by atoms with E-state index in [4.69, 9.17) is 0 Å². The molecule has 1 aromatic rings. The van der Waals surface area contributed by atoms with Crippen molar-refractivity contribution in [3.05, 3.63) is 12.4 Å². The van der Waals surface area contributed by atoms with Crippen molar-refractivity contribution in [3.63, 3.8) is 0 Å². The number of nitrogens with zero attached hydrogens (tertiary/aromatic N) is 3. The molecule has 1 aliphatic heterocycles. The molecule has 1 saturated heterocycles. The lowest BCUT2D eigenvalue weighted by Gasteiger charge is -2.34. The SMILES string of the molecule is C[C@H]1C[C@@H](C(=O)Nc2nccn2C2CC2)CCN1C. The summed E-state index contributed by atoms with van der Waals surface area (Å²) in [5.74, 6) is 0.975. The number of aromatic nitrogens is 2. The molecule has 1 N–H and O–H groups in total. The molecule has 2 atom stereocenters. The number of carbonyl (C=O) groups is 1. The van der Waals surface area contributed by atoms with Gasteiger partial charge in [-0.25, -0.2) is 4.98 Å². The lowest BCUT2D eigenvalue weighted by molar-refractivity contribution is -0.121. The molecule has 3 rings (SSSR count). The number of carbonyl (C=O) groups excluding carboxylic acids is 1. The van der Waals surface area contributed by atoms with Crippen LogP contribution in [0.3, 0.4) is 0 Å². The van der Waals surface area contributed by atoms with Crippen LogP contribution in [0.15, 0.2) is 12.4 Å². The first-order chi connectivity index (χ1) is 9.15. The number of anilines is 1. The van der Waals surface area contributed by atoms with E-state index in [1.807, 2.05) is 6.20 Å². The summed E-state index contributed by atoms with van der Waals surface area (Å²) in [6.45, 7) is 3.18. The molecule has 5 nitrogen and oxygen atoms in total. The van der Waals surface area contributed by atoms with Crippen LogP contribution in [0, 0.1) is 5.92 Å². The van der Waals surface area contributed by atoms with Crippen LogP contribution in [0.2, 0.25) is 0 Å². The van der Waals surface area contributed by atoms with Crippen molar-refractivity contribution in [3.8, 4) is 0 Å². The predicted molar refractivity (Wildman–Crippen MR) is 73.9 cm³/mol. The van der Waals surface area contributed by atoms with Gasteiger partial charge in [-0.3, -0.25) is 10.1 Å². The van der Waals surface area contributed by atoms with Crippen molar-refractivity contribution in [2.45, 2.75) is 44.7 Å².